The van der Waals surface area contributed by atoms with E-state index in [4.69, 9.17) is 47.2 Å². The topological polar surface area (TPSA) is 179 Å². The van der Waals surface area contributed by atoms with Crippen LogP contribution in [-0.4, -0.2) is 106 Å². The van der Waals surface area contributed by atoms with E-state index in [2.05, 4.69) is 27.7 Å². The normalized spacial score (nSPS) is 15.9. The van der Waals surface area contributed by atoms with Gasteiger partial charge in [0.25, 0.3) is 0 Å². The quantitative estimate of drug-likeness (QED) is 0.0582. The zero-order valence-electron chi connectivity index (χ0n) is 69.5. The van der Waals surface area contributed by atoms with Crippen LogP contribution >= 0.6 is 0 Å². The highest BCUT2D eigenvalue weighted by Crippen LogP contribution is 2.52. The molecule has 3 aromatic heterocycles. The Bertz CT molecular complexity index is 5050. The number of benzene rings is 6. The molecule has 6 aromatic carbocycles. The number of aliphatic carboxylic acids is 1. The second kappa shape index (κ2) is 35.0. The SMILES string of the molecule is COC(=O)C(OC(C)(C)C)c1c(C(F)(F)F)ccc(-c2ccn(C)c2)c1-c1ccc2c(c1)CCCO2.COC(=O)C(OC(C)(C)C)c1c(C(F)(F)F)ccc(C)c1-c1ccc2c(c1)CCCO2.Cn1ccc(-c2ccc(C(F)(F)F)c(C(OC(C)(C)C)C(=O)O)c2-c2ccc3c(c2)CCCO3)c1.Cn1ccc(B2OC(C)(C)C(C)(C)O2)c1. The van der Waals surface area contributed by atoms with Gasteiger partial charge >= 0.3 is 43.6 Å². The minimum Gasteiger partial charge on any atom is -0.493 e. The molecule has 4 aliphatic rings. The maximum absolute atomic E-state index is 14.5. The first-order valence-electron chi connectivity index (χ1n) is 38.6. The maximum Gasteiger partial charge on any atom is 0.496 e. The van der Waals surface area contributed by atoms with E-state index in [0.29, 0.717) is 70.1 Å². The molecule has 0 amide bonds. The van der Waals surface area contributed by atoms with Crippen molar-refractivity contribution in [2.75, 3.05) is 34.0 Å². The van der Waals surface area contributed by atoms with Crippen molar-refractivity contribution in [3.8, 4) is 72.9 Å². The van der Waals surface area contributed by atoms with Gasteiger partial charge in [0, 0.05) is 80.5 Å². The average Bonchev–Trinajstić information content (AvgIpc) is 1.67. The highest BCUT2D eigenvalue weighted by atomic mass is 19.4. The largest absolute Gasteiger partial charge is 0.496 e. The zero-order valence-corrected chi connectivity index (χ0v) is 69.5. The molecular weight excluding hydrogens is 1530 g/mol. The van der Waals surface area contributed by atoms with Crippen LogP contribution in [0.25, 0.3) is 55.6 Å². The van der Waals surface area contributed by atoms with Crippen molar-refractivity contribution in [3.63, 3.8) is 0 Å². The lowest BCUT2D eigenvalue weighted by atomic mass is 9.81. The van der Waals surface area contributed by atoms with Gasteiger partial charge < -0.3 is 66.0 Å². The Kier molecular flexibility index (Phi) is 26.8. The number of hydrogen-bond donors (Lipinski definition) is 1. The summed E-state index contributed by atoms with van der Waals surface area (Å²) in [5.74, 6) is -1.13. The van der Waals surface area contributed by atoms with Crippen molar-refractivity contribution < 1.29 is 106 Å². The Morgan fingerprint density at radius 2 is 0.761 bits per heavy atom. The molecule has 117 heavy (non-hydrogen) atoms. The Morgan fingerprint density at radius 3 is 1.08 bits per heavy atom. The number of carbonyl (C=O) groups excluding carboxylic acids is 2. The van der Waals surface area contributed by atoms with Gasteiger partial charge in [0.2, 0.25) is 0 Å². The Morgan fingerprint density at radius 1 is 0.436 bits per heavy atom. The number of aryl methyl sites for hydroxylation is 7. The Balaban J connectivity index is 0.000000170. The highest BCUT2D eigenvalue weighted by molar-refractivity contribution is 6.62. The van der Waals surface area contributed by atoms with Crippen LogP contribution in [0.1, 0.15) is 183 Å². The minimum absolute atomic E-state index is 0.191. The van der Waals surface area contributed by atoms with Crippen LogP contribution < -0.4 is 19.7 Å². The Hall–Kier alpha value is -9.80. The Labute approximate surface area is 677 Å². The molecule has 1 saturated heterocycles. The molecule has 1 N–H and O–H groups in total. The molecule has 0 aliphatic carbocycles. The number of rotatable bonds is 15. The third-order valence-corrected chi connectivity index (χ3v) is 20.4. The molecule has 0 radical (unpaired) electrons. The summed E-state index contributed by atoms with van der Waals surface area (Å²) < 4.78 is 191. The summed E-state index contributed by atoms with van der Waals surface area (Å²) in [6, 6.07) is 28.8. The zero-order chi connectivity index (χ0) is 86.0. The molecule has 13 rings (SSSR count). The molecule has 9 aromatic rings. The summed E-state index contributed by atoms with van der Waals surface area (Å²) in [6.07, 6.45) is -3.23. The van der Waals surface area contributed by atoms with Gasteiger partial charge in [-0.15, -0.1) is 0 Å². The minimum atomic E-state index is -4.79. The smallest absolute Gasteiger partial charge is 0.493 e. The number of alkyl halides is 9. The van der Waals surface area contributed by atoms with E-state index in [1.807, 2.05) is 79.3 Å². The number of nitrogens with zero attached hydrogens (tertiary/aromatic N) is 3. The van der Waals surface area contributed by atoms with Crippen LogP contribution in [0.4, 0.5) is 39.5 Å². The summed E-state index contributed by atoms with van der Waals surface area (Å²) in [5.41, 5.74) is 2.14. The van der Waals surface area contributed by atoms with Gasteiger partial charge in [0.05, 0.1) is 78.7 Å². The maximum atomic E-state index is 14.5. The van der Waals surface area contributed by atoms with E-state index < -0.39 is 93.8 Å². The standard InChI is InChI=1S/C28H30F3NO4.C27H28F3NO4.C24H27F3O4.C11H18BNO2/c1-27(2,3)36-25(26(33)34-5)24-21(28(29,30)31)10-9-20(19-12-13-32(4)16-19)23(24)18-8-11-22-17(15-18)7-6-14-35-22;1-26(2,3)35-24(25(32)33)23-20(27(28,29)30)9-8-19(18-11-12-31(4)15-18)22(23)17-7-10-21-16(14-17)6-5-13-34-21;1-14-8-10-17(24(25,26)27)20(21(22(28)29-5)31-23(2,3)4)19(14)16-9-11-18-15(13-16)7-6-12-30-18;1-10(2)11(3,4)15-12(14-10)9-6-7-13(5)8-9/h8-13,15-16,25H,6-7,14H2,1-5H3;7-12,14-15,24H,5-6,13H2,1-4H3,(H,32,33);8-11,13,21H,6-7,12H2,1-5H3;6-8H,1-5H3. The van der Waals surface area contributed by atoms with Gasteiger partial charge in [-0.3, -0.25) is 0 Å². The summed E-state index contributed by atoms with van der Waals surface area (Å²) >= 11 is 0. The van der Waals surface area contributed by atoms with Crippen LogP contribution in [-0.2, 0) is 106 Å². The van der Waals surface area contributed by atoms with E-state index in [1.54, 1.807) is 135 Å². The van der Waals surface area contributed by atoms with Crippen molar-refractivity contribution in [2.24, 2.45) is 21.1 Å². The van der Waals surface area contributed by atoms with E-state index in [0.717, 1.165) is 110 Å². The molecule has 0 bridgehead atoms. The number of halogens is 9. The third kappa shape index (κ3) is 21.4. The third-order valence-electron chi connectivity index (χ3n) is 20.4. The van der Waals surface area contributed by atoms with Crippen molar-refractivity contribution in [3.05, 3.63) is 202 Å². The van der Waals surface area contributed by atoms with E-state index in [1.165, 1.54) is 18.2 Å². The molecule has 3 unspecified atom stereocenters. The molecule has 628 valence electrons. The summed E-state index contributed by atoms with van der Waals surface area (Å²) in [5, 5.41) is 10.1. The second-order valence-electron chi connectivity index (χ2n) is 33.5. The first-order chi connectivity index (χ1) is 54.5. The lowest BCUT2D eigenvalue weighted by molar-refractivity contribution is -0.167. The van der Waals surface area contributed by atoms with Crippen LogP contribution in [0.2, 0.25) is 0 Å². The van der Waals surface area contributed by atoms with E-state index in [-0.39, 0.29) is 40.6 Å². The molecule has 1 fully saturated rings. The highest BCUT2D eigenvalue weighted by Gasteiger charge is 2.52. The molecule has 3 atom stereocenters. The summed E-state index contributed by atoms with van der Waals surface area (Å²) in [6.45, 7) is 26.7. The molecule has 17 nitrogen and oxygen atoms in total. The molecule has 0 saturated carbocycles. The van der Waals surface area contributed by atoms with Crippen molar-refractivity contribution in [1.29, 1.82) is 0 Å². The number of aromatic nitrogens is 3. The second-order valence-corrected chi connectivity index (χ2v) is 33.5. The predicted octanol–water partition coefficient (Wildman–Crippen LogP) is 20.7. The molecule has 4 aliphatic heterocycles. The average molecular weight is 1630 g/mol. The molecule has 0 spiro atoms. The fourth-order valence-corrected chi connectivity index (χ4v) is 14.5. The number of hydrogen-bond acceptors (Lipinski definition) is 13. The van der Waals surface area contributed by atoms with Gasteiger partial charge in [-0.1, -0.05) is 36.4 Å². The van der Waals surface area contributed by atoms with Crippen LogP contribution in [0, 0.1) is 6.92 Å². The predicted molar refractivity (Wildman–Crippen MR) is 429 cm³/mol. The number of carbonyl (C=O) groups is 3. The van der Waals surface area contributed by atoms with Crippen LogP contribution in [0.3, 0.4) is 0 Å². The van der Waals surface area contributed by atoms with Crippen molar-refractivity contribution >= 4 is 30.5 Å². The van der Waals surface area contributed by atoms with Gasteiger partial charge in [0.1, 0.15) is 17.2 Å². The summed E-state index contributed by atoms with van der Waals surface area (Å²) in [7, 11) is 7.69. The monoisotopic (exact) mass is 1630 g/mol. The fourth-order valence-electron chi connectivity index (χ4n) is 14.5. The van der Waals surface area contributed by atoms with Gasteiger partial charge in [-0.05, 0) is 286 Å². The first kappa shape index (κ1) is 89.5. The van der Waals surface area contributed by atoms with Gasteiger partial charge in [-0.25, -0.2) is 14.4 Å². The first-order valence-corrected chi connectivity index (χ1v) is 38.6. The lowest BCUT2D eigenvalue weighted by Crippen LogP contribution is -2.41. The summed E-state index contributed by atoms with van der Waals surface area (Å²) in [4.78, 5) is 38.1. The molecule has 7 heterocycles. The van der Waals surface area contributed by atoms with Crippen molar-refractivity contribution in [2.45, 2.75) is 200 Å². The van der Waals surface area contributed by atoms with Gasteiger partial charge in [-0.2, -0.15) is 39.5 Å². The number of methoxy groups -OCH3 is 2. The van der Waals surface area contributed by atoms with Crippen LogP contribution in [0.15, 0.2) is 146 Å². The number of carboxylic acid groups (broad SMARTS) is 1. The van der Waals surface area contributed by atoms with Gasteiger partial charge in [0.15, 0.2) is 18.3 Å². The number of ether oxygens (including phenoxy) is 8. The van der Waals surface area contributed by atoms with Crippen molar-refractivity contribution in [1.82, 2.24) is 13.7 Å². The lowest BCUT2D eigenvalue weighted by Gasteiger charge is -2.32. The van der Waals surface area contributed by atoms with E-state index >= 15 is 0 Å². The fraction of sp³-hybridized carbons (Fsp3) is 0.433. The number of carboxylic acids is 1. The molecular formula is C90H103BF9N3O14. The van der Waals surface area contributed by atoms with E-state index in [9.17, 15) is 59.0 Å². The number of esters is 2. The molecule has 27 heteroatoms. The van der Waals surface area contributed by atoms with Crippen LogP contribution in [0.5, 0.6) is 17.2 Å². The number of fused-ring (bicyclic) bond motifs is 3.